The van der Waals surface area contributed by atoms with Crippen LogP contribution in [0, 0.1) is 23.7 Å². The smallest absolute Gasteiger partial charge is 0.389 e. The number of rotatable bonds is 5. The third-order valence-corrected chi connectivity index (χ3v) is 10.9. The van der Waals surface area contributed by atoms with E-state index in [9.17, 15) is 4.79 Å². The van der Waals surface area contributed by atoms with Crippen molar-refractivity contribution < 1.29 is 9.53 Å². The molecule has 0 saturated heterocycles. The molecule has 4 bridgehead atoms. The summed E-state index contributed by atoms with van der Waals surface area (Å²) in [5.74, 6) is 4.03. The zero-order valence-electron chi connectivity index (χ0n) is 22.5. The Morgan fingerprint density at radius 2 is 1.61 bits per heavy atom. The van der Waals surface area contributed by atoms with Crippen molar-refractivity contribution in [1.82, 2.24) is 15.1 Å². The highest BCUT2D eigenvalue weighted by molar-refractivity contribution is 6.30. The van der Waals surface area contributed by atoms with Crippen molar-refractivity contribution in [2.75, 3.05) is 0 Å². The molecule has 0 radical (unpaired) electrons. The Morgan fingerprint density at radius 1 is 0.921 bits per heavy atom. The number of carbonyl (C=O) groups is 1. The Hall–Kier alpha value is -2.01. The predicted molar refractivity (Wildman–Crippen MR) is 150 cm³/mol. The molecule has 0 spiro atoms. The lowest BCUT2D eigenvalue weighted by Crippen LogP contribution is -2.56. The van der Waals surface area contributed by atoms with Gasteiger partial charge in [-0.3, -0.25) is 4.68 Å². The molecule has 1 unspecified atom stereocenters. The average molecular weight is 536 g/mol. The third-order valence-electron chi connectivity index (χ3n) is 10.6. The summed E-state index contributed by atoms with van der Waals surface area (Å²) >= 11 is 6.18. The van der Waals surface area contributed by atoms with E-state index < -0.39 is 0 Å². The van der Waals surface area contributed by atoms with Gasteiger partial charge in [0.1, 0.15) is 0 Å². The average Bonchev–Trinajstić information content (AvgIpc) is 3.13. The summed E-state index contributed by atoms with van der Waals surface area (Å²) in [4.78, 5) is 13.4. The van der Waals surface area contributed by atoms with Gasteiger partial charge in [-0.15, -0.1) is 5.10 Å². The number of amides is 1. The van der Waals surface area contributed by atoms with Crippen LogP contribution in [0.2, 0.25) is 5.02 Å². The fraction of sp³-hybridized carbons (Fsp3) is 0.688. The molecule has 1 N–H and O–H groups in total. The Kier molecular flexibility index (Phi) is 6.92. The summed E-state index contributed by atoms with van der Waals surface area (Å²) in [7, 11) is 0. The summed E-state index contributed by atoms with van der Waals surface area (Å²) in [6.45, 7) is 0. The minimum Gasteiger partial charge on any atom is -0.389 e. The number of hydrogen-bond donors (Lipinski definition) is 1. The van der Waals surface area contributed by atoms with Gasteiger partial charge in [0.2, 0.25) is 5.88 Å². The van der Waals surface area contributed by atoms with E-state index >= 15 is 0 Å². The first kappa shape index (κ1) is 25.0. The zero-order valence-corrected chi connectivity index (χ0v) is 23.3. The van der Waals surface area contributed by atoms with Crippen LogP contribution in [0.4, 0.5) is 4.79 Å². The van der Waals surface area contributed by atoms with E-state index in [2.05, 4.69) is 22.1 Å². The Balaban J connectivity index is 1.16. The highest BCUT2D eigenvalue weighted by Crippen LogP contribution is 2.53. The maximum Gasteiger partial charge on any atom is 0.414 e. The van der Waals surface area contributed by atoms with E-state index in [0.29, 0.717) is 29.7 Å². The predicted octanol–water partition coefficient (Wildman–Crippen LogP) is 8.01. The lowest BCUT2D eigenvalue weighted by atomic mass is 9.54. The van der Waals surface area contributed by atoms with Crippen molar-refractivity contribution >= 4 is 17.7 Å². The Morgan fingerprint density at radius 3 is 2.32 bits per heavy atom. The summed E-state index contributed by atoms with van der Waals surface area (Å²) in [5, 5.41) is 9.24. The van der Waals surface area contributed by atoms with E-state index in [0.717, 1.165) is 42.5 Å². The van der Waals surface area contributed by atoms with E-state index in [4.69, 9.17) is 21.4 Å². The topological polar surface area (TPSA) is 56.1 Å². The molecule has 5 saturated carbocycles. The second kappa shape index (κ2) is 10.5. The van der Waals surface area contributed by atoms with Crippen molar-refractivity contribution in [2.45, 2.75) is 114 Å². The molecule has 6 aliphatic rings. The molecule has 38 heavy (non-hydrogen) atoms. The van der Waals surface area contributed by atoms with Gasteiger partial charge in [0.05, 0.1) is 6.04 Å². The van der Waals surface area contributed by atoms with Crippen LogP contribution >= 0.6 is 11.6 Å². The van der Waals surface area contributed by atoms with Crippen LogP contribution in [0.15, 0.2) is 24.3 Å². The number of nitrogens with one attached hydrogen (secondary N) is 1. The molecule has 8 rings (SSSR count). The second-order valence-electron chi connectivity index (χ2n) is 13.2. The van der Waals surface area contributed by atoms with Gasteiger partial charge in [-0.05, 0) is 112 Å². The van der Waals surface area contributed by atoms with Crippen LogP contribution in [0.25, 0.3) is 0 Å². The van der Waals surface area contributed by atoms with Crippen LogP contribution in [-0.4, -0.2) is 21.9 Å². The first-order chi connectivity index (χ1) is 18.6. The number of halogens is 1. The fourth-order valence-electron chi connectivity index (χ4n) is 9.16. The minimum atomic E-state index is -0.280. The van der Waals surface area contributed by atoms with Crippen molar-refractivity contribution in [3.63, 3.8) is 0 Å². The fourth-order valence-corrected chi connectivity index (χ4v) is 9.29. The highest BCUT2D eigenvalue weighted by atomic mass is 35.5. The summed E-state index contributed by atoms with van der Waals surface area (Å²) in [6, 6.07) is 9.00. The van der Waals surface area contributed by atoms with Gasteiger partial charge >= 0.3 is 6.09 Å². The molecule has 6 aliphatic carbocycles. The number of ether oxygens (including phenoxy) is 1. The van der Waals surface area contributed by atoms with E-state index in [1.165, 1.54) is 87.4 Å². The van der Waals surface area contributed by atoms with Crippen LogP contribution < -0.4 is 10.1 Å². The SMILES string of the molecule is O=C(NC1C2CC3CC(C2)CC1C3)Oc1nn(C2CCCCC2)c2c1CCCCC2Cc1ccc(Cl)cc1. The Labute approximate surface area is 232 Å². The van der Waals surface area contributed by atoms with Gasteiger partial charge in [0.25, 0.3) is 0 Å². The van der Waals surface area contributed by atoms with Gasteiger partial charge in [0.15, 0.2) is 0 Å². The van der Waals surface area contributed by atoms with Crippen LogP contribution in [-0.2, 0) is 12.8 Å². The standard InChI is InChI=1S/C32H42ClN3O2/c33-26-12-10-20(11-13-26)15-23-6-4-5-9-28-30(23)36(27-7-2-1-3-8-27)35-31(28)38-32(37)34-29-24-16-21-14-22(18-24)19-25(29)17-21/h10-13,21-25,27,29H,1-9,14-19H2,(H,34,37). The maximum absolute atomic E-state index is 13.4. The van der Waals surface area contributed by atoms with Gasteiger partial charge in [0, 0.05) is 28.2 Å². The van der Waals surface area contributed by atoms with Gasteiger partial charge in [-0.1, -0.05) is 49.4 Å². The first-order valence-corrected chi connectivity index (χ1v) is 15.8. The summed E-state index contributed by atoms with van der Waals surface area (Å²) in [5.41, 5.74) is 3.83. The van der Waals surface area contributed by atoms with Crippen molar-refractivity contribution in [3.8, 4) is 5.88 Å². The summed E-state index contributed by atoms with van der Waals surface area (Å²) in [6.07, 6.45) is 17.8. The number of aromatic nitrogens is 2. The number of hydrogen-bond acceptors (Lipinski definition) is 3. The van der Waals surface area contributed by atoms with Crippen LogP contribution in [0.5, 0.6) is 5.88 Å². The van der Waals surface area contributed by atoms with Crippen LogP contribution in [0.3, 0.4) is 0 Å². The molecule has 1 amide bonds. The molecule has 204 valence electrons. The van der Waals surface area contributed by atoms with Gasteiger partial charge in [-0.2, -0.15) is 0 Å². The molecule has 1 aromatic carbocycles. The number of benzene rings is 1. The van der Waals surface area contributed by atoms with E-state index in [1.807, 2.05) is 12.1 Å². The first-order valence-electron chi connectivity index (χ1n) is 15.4. The number of nitrogens with zero attached hydrogens (tertiary/aromatic N) is 2. The molecular formula is C32H42ClN3O2. The third kappa shape index (κ3) is 4.89. The Bertz CT molecular complexity index is 1120. The van der Waals surface area contributed by atoms with Crippen molar-refractivity contribution in [2.24, 2.45) is 23.7 Å². The molecular weight excluding hydrogens is 494 g/mol. The van der Waals surface area contributed by atoms with E-state index in [1.54, 1.807) is 0 Å². The normalized spacial score (nSPS) is 32.6. The van der Waals surface area contributed by atoms with Gasteiger partial charge < -0.3 is 10.1 Å². The minimum absolute atomic E-state index is 0.280. The van der Waals surface area contributed by atoms with Crippen molar-refractivity contribution in [1.29, 1.82) is 0 Å². The largest absolute Gasteiger partial charge is 0.414 e. The second-order valence-corrected chi connectivity index (χ2v) is 13.6. The quantitative estimate of drug-likeness (QED) is 0.394. The molecule has 1 heterocycles. The number of carbonyl (C=O) groups excluding carboxylic acids is 1. The van der Waals surface area contributed by atoms with Gasteiger partial charge in [-0.25, -0.2) is 4.79 Å². The maximum atomic E-state index is 13.4. The molecule has 6 heteroatoms. The van der Waals surface area contributed by atoms with E-state index in [-0.39, 0.29) is 12.1 Å². The monoisotopic (exact) mass is 535 g/mol. The zero-order chi connectivity index (χ0) is 25.6. The molecule has 0 aliphatic heterocycles. The molecule has 1 atom stereocenters. The number of fused-ring (bicyclic) bond motifs is 1. The lowest BCUT2D eigenvalue weighted by Gasteiger charge is -2.54. The van der Waals surface area contributed by atoms with Crippen molar-refractivity contribution in [3.05, 3.63) is 46.1 Å². The molecule has 1 aromatic heterocycles. The molecule has 2 aromatic rings. The summed E-state index contributed by atoms with van der Waals surface area (Å²) < 4.78 is 8.47. The molecule has 5 fully saturated rings. The lowest BCUT2D eigenvalue weighted by molar-refractivity contribution is -0.0114. The highest BCUT2D eigenvalue weighted by Gasteiger charge is 2.49. The van der Waals surface area contributed by atoms with Crippen LogP contribution in [0.1, 0.15) is 112 Å². The molecule has 5 nitrogen and oxygen atoms in total.